The quantitative estimate of drug-likeness (QED) is 0.510. The van der Waals surface area contributed by atoms with Gasteiger partial charge in [0, 0.05) is 19.4 Å². The predicted molar refractivity (Wildman–Crippen MR) is 55.1 cm³/mol. The number of rotatable bonds is 5. The van der Waals surface area contributed by atoms with E-state index in [1.54, 1.807) is 6.92 Å². The molecule has 0 aliphatic carbocycles. The van der Waals surface area contributed by atoms with Crippen LogP contribution in [-0.2, 0) is 4.79 Å². The molecular weight excluding hydrogens is 162 g/mol. The first-order valence-electron chi connectivity index (χ1n) is 4.87. The van der Waals surface area contributed by atoms with Gasteiger partial charge in [-0.05, 0) is 12.8 Å². The fourth-order valence-electron chi connectivity index (χ4n) is 0.922. The first-order chi connectivity index (χ1) is 6.20. The van der Waals surface area contributed by atoms with Gasteiger partial charge in [0.2, 0.25) is 5.91 Å². The van der Waals surface area contributed by atoms with Crippen molar-refractivity contribution in [3.05, 3.63) is 0 Å². The Morgan fingerprint density at radius 3 is 2.77 bits per heavy atom. The molecule has 1 N–H and O–H groups in total. The number of carbonyl (C=O) groups is 1. The normalized spacial score (nSPS) is 11.3. The SMILES string of the molecule is CC#CCCNC(=O)CC(C)CC. The van der Waals surface area contributed by atoms with E-state index < -0.39 is 0 Å². The van der Waals surface area contributed by atoms with E-state index in [-0.39, 0.29) is 5.91 Å². The summed E-state index contributed by atoms with van der Waals surface area (Å²) < 4.78 is 0. The summed E-state index contributed by atoms with van der Waals surface area (Å²) in [5.74, 6) is 6.33. The zero-order chi connectivity index (χ0) is 10.1. The first kappa shape index (κ1) is 12.0. The van der Waals surface area contributed by atoms with Crippen LogP contribution < -0.4 is 5.32 Å². The molecule has 2 nitrogen and oxygen atoms in total. The monoisotopic (exact) mass is 181 g/mol. The van der Waals surface area contributed by atoms with Crippen molar-refractivity contribution in [1.82, 2.24) is 5.32 Å². The van der Waals surface area contributed by atoms with Gasteiger partial charge in [-0.3, -0.25) is 4.79 Å². The fraction of sp³-hybridized carbons (Fsp3) is 0.727. The average molecular weight is 181 g/mol. The molecule has 1 unspecified atom stereocenters. The first-order valence-corrected chi connectivity index (χ1v) is 4.87. The van der Waals surface area contributed by atoms with Crippen molar-refractivity contribution in [2.45, 2.75) is 40.0 Å². The van der Waals surface area contributed by atoms with Gasteiger partial charge in [-0.25, -0.2) is 0 Å². The highest BCUT2D eigenvalue weighted by Crippen LogP contribution is 2.05. The molecule has 0 aliphatic heterocycles. The van der Waals surface area contributed by atoms with Crippen LogP contribution in [0.5, 0.6) is 0 Å². The lowest BCUT2D eigenvalue weighted by molar-refractivity contribution is -0.121. The van der Waals surface area contributed by atoms with E-state index in [0.29, 0.717) is 18.9 Å². The maximum absolute atomic E-state index is 11.2. The van der Waals surface area contributed by atoms with Gasteiger partial charge in [0.05, 0.1) is 0 Å². The van der Waals surface area contributed by atoms with Crippen LogP contribution in [-0.4, -0.2) is 12.5 Å². The minimum Gasteiger partial charge on any atom is -0.355 e. The van der Waals surface area contributed by atoms with Crippen LogP contribution in [0.4, 0.5) is 0 Å². The minimum atomic E-state index is 0.146. The molecule has 2 heteroatoms. The van der Waals surface area contributed by atoms with E-state index in [9.17, 15) is 4.79 Å². The lowest BCUT2D eigenvalue weighted by Gasteiger charge is -2.07. The number of nitrogens with one attached hydrogen (secondary N) is 1. The summed E-state index contributed by atoms with van der Waals surface area (Å²) in [6, 6.07) is 0. The molecule has 1 amide bonds. The Morgan fingerprint density at radius 1 is 1.54 bits per heavy atom. The van der Waals surface area contributed by atoms with E-state index >= 15 is 0 Å². The second-order valence-corrected chi connectivity index (χ2v) is 3.24. The maximum atomic E-state index is 11.2. The van der Waals surface area contributed by atoms with Gasteiger partial charge in [0.25, 0.3) is 0 Å². The van der Waals surface area contributed by atoms with E-state index in [4.69, 9.17) is 0 Å². The maximum Gasteiger partial charge on any atom is 0.220 e. The smallest absolute Gasteiger partial charge is 0.220 e. The Kier molecular flexibility index (Phi) is 7.10. The lowest BCUT2D eigenvalue weighted by atomic mass is 10.1. The van der Waals surface area contributed by atoms with Gasteiger partial charge in [-0.2, -0.15) is 0 Å². The summed E-state index contributed by atoms with van der Waals surface area (Å²) >= 11 is 0. The Morgan fingerprint density at radius 2 is 2.23 bits per heavy atom. The van der Waals surface area contributed by atoms with Crippen LogP contribution in [0.1, 0.15) is 40.0 Å². The molecule has 0 bridgehead atoms. The number of hydrogen-bond acceptors (Lipinski definition) is 1. The lowest BCUT2D eigenvalue weighted by Crippen LogP contribution is -2.25. The number of carbonyl (C=O) groups excluding carboxylic acids is 1. The molecule has 0 spiro atoms. The zero-order valence-electron chi connectivity index (χ0n) is 8.81. The van der Waals surface area contributed by atoms with E-state index in [1.165, 1.54) is 0 Å². The van der Waals surface area contributed by atoms with Crippen molar-refractivity contribution in [3.8, 4) is 11.8 Å². The Labute approximate surface area is 81.1 Å². The zero-order valence-corrected chi connectivity index (χ0v) is 8.81. The summed E-state index contributed by atoms with van der Waals surface area (Å²) in [7, 11) is 0. The molecule has 0 aromatic rings. The van der Waals surface area contributed by atoms with Crippen molar-refractivity contribution in [3.63, 3.8) is 0 Å². The molecule has 0 rings (SSSR count). The molecule has 0 saturated heterocycles. The third-order valence-electron chi connectivity index (χ3n) is 1.98. The molecule has 0 saturated carbocycles. The average Bonchev–Trinajstić information content (AvgIpc) is 2.12. The molecule has 1 atom stereocenters. The predicted octanol–water partition coefficient (Wildman–Crippen LogP) is 1.95. The van der Waals surface area contributed by atoms with Gasteiger partial charge < -0.3 is 5.32 Å². The largest absolute Gasteiger partial charge is 0.355 e. The minimum absolute atomic E-state index is 0.146. The topological polar surface area (TPSA) is 29.1 Å². The van der Waals surface area contributed by atoms with Gasteiger partial charge in [-0.15, -0.1) is 11.8 Å². The second-order valence-electron chi connectivity index (χ2n) is 3.24. The molecule has 0 heterocycles. The van der Waals surface area contributed by atoms with Crippen LogP contribution in [0.3, 0.4) is 0 Å². The molecule has 0 aromatic carbocycles. The van der Waals surface area contributed by atoms with Crippen LogP contribution in [0, 0.1) is 17.8 Å². The van der Waals surface area contributed by atoms with Crippen molar-refractivity contribution >= 4 is 5.91 Å². The van der Waals surface area contributed by atoms with Gasteiger partial charge in [0.15, 0.2) is 0 Å². The van der Waals surface area contributed by atoms with Gasteiger partial charge in [0.1, 0.15) is 0 Å². The molecule has 0 fully saturated rings. The van der Waals surface area contributed by atoms with E-state index in [0.717, 1.165) is 12.8 Å². The Bertz CT molecular complexity index is 200. The molecule has 13 heavy (non-hydrogen) atoms. The van der Waals surface area contributed by atoms with Crippen LogP contribution >= 0.6 is 0 Å². The summed E-state index contributed by atoms with van der Waals surface area (Å²) in [5.41, 5.74) is 0. The van der Waals surface area contributed by atoms with Crippen LogP contribution in [0.2, 0.25) is 0 Å². The summed E-state index contributed by atoms with van der Waals surface area (Å²) in [5, 5.41) is 2.84. The van der Waals surface area contributed by atoms with Gasteiger partial charge in [-0.1, -0.05) is 20.3 Å². The van der Waals surface area contributed by atoms with Crippen molar-refractivity contribution in [1.29, 1.82) is 0 Å². The summed E-state index contributed by atoms with van der Waals surface area (Å²) in [4.78, 5) is 11.2. The highest BCUT2D eigenvalue weighted by atomic mass is 16.1. The van der Waals surface area contributed by atoms with Crippen LogP contribution in [0.15, 0.2) is 0 Å². The highest BCUT2D eigenvalue weighted by Gasteiger charge is 2.05. The van der Waals surface area contributed by atoms with Crippen molar-refractivity contribution < 1.29 is 4.79 Å². The molecule has 0 aliphatic rings. The van der Waals surface area contributed by atoms with E-state index in [1.807, 2.05) is 0 Å². The molecule has 74 valence electrons. The van der Waals surface area contributed by atoms with Crippen molar-refractivity contribution in [2.75, 3.05) is 6.54 Å². The molecular formula is C11H19NO. The fourth-order valence-corrected chi connectivity index (χ4v) is 0.922. The standard InChI is InChI=1S/C11H19NO/c1-4-6-7-8-12-11(13)9-10(3)5-2/h10H,5,7-9H2,1-3H3,(H,12,13). The number of hydrogen-bond donors (Lipinski definition) is 1. The van der Waals surface area contributed by atoms with Crippen molar-refractivity contribution in [2.24, 2.45) is 5.92 Å². The molecule has 0 aromatic heterocycles. The highest BCUT2D eigenvalue weighted by molar-refractivity contribution is 5.76. The summed E-state index contributed by atoms with van der Waals surface area (Å²) in [6.45, 7) is 6.67. The second kappa shape index (κ2) is 7.67. The van der Waals surface area contributed by atoms with Gasteiger partial charge >= 0.3 is 0 Å². The third kappa shape index (κ3) is 7.39. The Hall–Kier alpha value is -0.970. The molecule has 0 radical (unpaired) electrons. The van der Waals surface area contributed by atoms with Crippen LogP contribution in [0.25, 0.3) is 0 Å². The third-order valence-corrected chi connectivity index (χ3v) is 1.98. The van der Waals surface area contributed by atoms with E-state index in [2.05, 4.69) is 31.0 Å². The Balaban J connectivity index is 3.44. The number of amides is 1. The summed E-state index contributed by atoms with van der Waals surface area (Å²) in [6.07, 6.45) is 2.45.